The van der Waals surface area contributed by atoms with E-state index in [1.807, 2.05) is 6.08 Å². The normalized spacial score (nSPS) is 36.3. The first-order valence-corrected chi connectivity index (χ1v) is 10.4. The lowest BCUT2D eigenvalue weighted by Gasteiger charge is -2.28. The third-order valence-electron chi connectivity index (χ3n) is 4.09. The van der Waals surface area contributed by atoms with Gasteiger partial charge in [-0.05, 0) is 43.9 Å². The highest BCUT2D eigenvalue weighted by molar-refractivity contribution is 7.99. The van der Waals surface area contributed by atoms with Crippen LogP contribution in [0.5, 0.6) is 0 Å². The van der Waals surface area contributed by atoms with Gasteiger partial charge in [-0.15, -0.1) is 0 Å². The van der Waals surface area contributed by atoms with Gasteiger partial charge in [0.2, 0.25) is 0 Å². The van der Waals surface area contributed by atoms with Crippen LogP contribution in [0, 0.1) is 5.92 Å². The number of ether oxygens (including phenoxy) is 2. The van der Waals surface area contributed by atoms with Crippen molar-refractivity contribution >= 4 is 21.6 Å². The maximum absolute atomic E-state index is 11.5. The van der Waals surface area contributed by atoms with Gasteiger partial charge in [-0.2, -0.15) is 11.8 Å². The van der Waals surface area contributed by atoms with E-state index in [1.54, 1.807) is 11.8 Å². The first-order valence-electron chi connectivity index (χ1n) is 7.12. The Bertz CT molecular complexity index is 416. The van der Waals surface area contributed by atoms with Crippen molar-refractivity contribution in [2.75, 3.05) is 25.7 Å². The summed E-state index contributed by atoms with van der Waals surface area (Å²) in [6.07, 6.45) is 10.7. The molecular weight excluding hydrogens is 296 g/mol. The highest BCUT2D eigenvalue weighted by Crippen LogP contribution is 2.29. The minimum Gasteiger partial charge on any atom is -0.348 e. The van der Waals surface area contributed by atoms with Crippen LogP contribution in [0.2, 0.25) is 0 Å². The molecule has 2 rings (SSSR count). The summed E-state index contributed by atoms with van der Waals surface area (Å²) in [6, 6.07) is 0. The predicted molar refractivity (Wildman–Crippen MR) is 82.7 cm³/mol. The average molecular weight is 320 g/mol. The Balaban J connectivity index is 1.74. The zero-order valence-corrected chi connectivity index (χ0v) is 13.8. The smallest absolute Gasteiger partial charge is 0.176 e. The van der Waals surface area contributed by atoms with E-state index in [9.17, 15) is 8.42 Å². The van der Waals surface area contributed by atoms with Crippen molar-refractivity contribution in [3.63, 3.8) is 0 Å². The molecule has 0 atom stereocenters. The van der Waals surface area contributed by atoms with E-state index < -0.39 is 9.84 Å². The number of allylic oxidation sites excluding steroid dienone is 1. The van der Waals surface area contributed by atoms with Gasteiger partial charge in [-0.1, -0.05) is 6.08 Å². The number of hydrogen-bond donors (Lipinski definition) is 0. The summed E-state index contributed by atoms with van der Waals surface area (Å²) in [5.41, 5.74) is 0. The molecule has 20 heavy (non-hydrogen) atoms. The standard InChI is InChI=1S/C14H24O4S2/c1-19-12-9-17-14(18-10-12)8-5-11-3-6-13(7-4-11)20(2,15)16/h5,8,11-14H,3-4,6-7,9-10H2,1-2H3/b8-5+. The SMILES string of the molecule is CSC1COC(/C=C/C2CCC(S(C)(=O)=O)CC2)OC1. The number of sulfone groups is 1. The summed E-state index contributed by atoms with van der Waals surface area (Å²) in [6.45, 7) is 1.47. The molecule has 0 radical (unpaired) electrons. The maximum atomic E-state index is 11.5. The van der Waals surface area contributed by atoms with E-state index in [0.717, 1.165) is 38.9 Å². The van der Waals surface area contributed by atoms with Gasteiger partial charge < -0.3 is 9.47 Å². The molecule has 0 aromatic heterocycles. The summed E-state index contributed by atoms with van der Waals surface area (Å²) in [7, 11) is -2.87. The zero-order chi connectivity index (χ0) is 14.6. The molecule has 6 heteroatoms. The van der Waals surface area contributed by atoms with Gasteiger partial charge in [0.15, 0.2) is 6.29 Å². The van der Waals surface area contributed by atoms with E-state index in [0.29, 0.717) is 11.2 Å². The van der Waals surface area contributed by atoms with Gasteiger partial charge in [-0.3, -0.25) is 0 Å². The molecule has 116 valence electrons. The molecule has 2 aliphatic rings. The fourth-order valence-corrected chi connectivity index (χ4v) is 4.26. The average Bonchev–Trinajstić information content (AvgIpc) is 2.45. The second kappa shape index (κ2) is 7.29. The predicted octanol–water partition coefficient (Wildman–Crippen LogP) is 2.25. The van der Waals surface area contributed by atoms with Crippen LogP contribution >= 0.6 is 11.8 Å². The van der Waals surface area contributed by atoms with Crippen LogP contribution in [0.25, 0.3) is 0 Å². The lowest BCUT2D eigenvalue weighted by Crippen LogP contribution is -2.32. The molecule has 0 aromatic rings. The molecule has 1 aliphatic heterocycles. The van der Waals surface area contributed by atoms with Crippen LogP contribution in [0.1, 0.15) is 25.7 Å². The van der Waals surface area contributed by atoms with Crippen molar-refractivity contribution in [3.05, 3.63) is 12.2 Å². The van der Waals surface area contributed by atoms with Crippen LogP contribution in [-0.2, 0) is 19.3 Å². The molecule has 0 aromatic carbocycles. The zero-order valence-electron chi connectivity index (χ0n) is 12.2. The third-order valence-corrected chi connectivity index (χ3v) is 6.71. The first kappa shape index (κ1) is 16.3. The lowest BCUT2D eigenvalue weighted by atomic mass is 9.88. The van der Waals surface area contributed by atoms with Crippen LogP contribution in [0.15, 0.2) is 12.2 Å². The van der Waals surface area contributed by atoms with Crippen LogP contribution < -0.4 is 0 Å². The monoisotopic (exact) mass is 320 g/mol. The van der Waals surface area contributed by atoms with E-state index in [4.69, 9.17) is 9.47 Å². The molecule has 0 N–H and O–H groups in total. The van der Waals surface area contributed by atoms with Gasteiger partial charge in [0.05, 0.1) is 23.7 Å². The Labute approximate surface area is 126 Å². The van der Waals surface area contributed by atoms with Crippen molar-refractivity contribution in [2.45, 2.75) is 42.5 Å². The summed E-state index contributed by atoms with van der Waals surface area (Å²) < 4.78 is 34.2. The van der Waals surface area contributed by atoms with Crippen molar-refractivity contribution in [2.24, 2.45) is 5.92 Å². The fraction of sp³-hybridized carbons (Fsp3) is 0.857. The summed E-state index contributed by atoms with van der Waals surface area (Å²) in [5.74, 6) is 0.457. The fourth-order valence-electron chi connectivity index (χ4n) is 2.70. The quantitative estimate of drug-likeness (QED) is 0.744. The van der Waals surface area contributed by atoms with Crippen molar-refractivity contribution in [3.8, 4) is 0 Å². The molecule has 0 spiro atoms. The van der Waals surface area contributed by atoms with Gasteiger partial charge >= 0.3 is 0 Å². The van der Waals surface area contributed by atoms with Crippen molar-refractivity contribution in [1.29, 1.82) is 0 Å². The number of thioether (sulfide) groups is 1. The second-order valence-corrected chi connectivity index (χ2v) is 9.11. The van der Waals surface area contributed by atoms with Crippen LogP contribution in [-0.4, -0.2) is 50.9 Å². The highest BCUT2D eigenvalue weighted by Gasteiger charge is 2.27. The number of hydrogen-bond acceptors (Lipinski definition) is 5. The minimum atomic E-state index is -2.87. The van der Waals surface area contributed by atoms with Gasteiger partial charge in [0, 0.05) is 6.26 Å². The van der Waals surface area contributed by atoms with Crippen molar-refractivity contribution < 1.29 is 17.9 Å². The highest BCUT2D eigenvalue weighted by atomic mass is 32.2. The van der Waals surface area contributed by atoms with Gasteiger partial charge in [0.25, 0.3) is 0 Å². The molecular formula is C14H24O4S2. The Kier molecular flexibility index (Phi) is 5.95. The third kappa shape index (κ3) is 4.76. The molecule has 1 saturated heterocycles. The second-order valence-electron chi connectivity index (χ2n) is 5.64. The first-order chi connectivity index (χ1) is 9.49. The molecule has 0 bridgehead atoms. The van der Waals surface area contributed by atoms with Gasteiger partial charge in [0.1, 0.15) is 9.84 Å². The topological polar surface area (TPSA) is 52.6 Å². The Morgan fingerprint density at radius 3 is 2.15 bits per heavy atom. The molecule has 0 unspecified atom stereocenters. The molecule has 4 nitrogen and oxygen atoms in total. The summed E-state index contributed by atoms with van der Waals surface area (Å²) in [4.78, 5) is 0. The van der Waals surface area contributed by atoms with E-state index in [2.05, 4.69) is 12.3 Å². The lowest BCUT2D eigenvalue weighted by molar-refractivity contribution is -0.146. The number of rotatable bonds is 4. The summed E-state index contributed by atoms with van der Waals surface area (Å²) >= 11 is 1.77. The Morgan fingerprint density at radius 1 is 1.05 bits per heavy atom. The maximum Gasteiger partial charge on any atom is 0.176 e. The molecule has 2 fully saturated rings. The molecule has 1 aliphatic carbocycles. The van der Waals surface area contributed by atoms with E-state index >= 15 is 0 Å². The molecule has 0 amide bonds. The molecule has 1 heterocycles. The van der Waals surface area contributed by atoms with Gasteiger partial charge in [-0.25, -0.2) is 8.42 Å². The molecule has 1 saturated carbocycles. The largest absolute Gasteiger partial charge is 0.348 e. The van der Waals surface area contributed by atoms with E-state index in [1.165, 1.54) is 6.26 Å². The summed E-state index contributed by atoms with van der Waals surface area (Å²) in [5, 5.41) is 0.293. The Morgan fingerprint density at radius 2 is 1.65 bits per heavy atom. The van der Waals surface area contributed by atoms with Crippen LogP contribution in [0.3, 0.4) is 0 Å². The van der Waals surface area contributed by atoms with E-state index in [-0.39, 0.29) is 11.5 Å². The van der Waals surface area contributed by atoms with Crippen LogP contribution in [0.4, 0.5) is 0 Å². The Hall–Kier alpha value is -0.0400. The van der Waals surface area contributed by atoms with Crippen molar-refractivity contribution in [1.82, 2.24) is 0 Å². The minimum absolute atomic E-state index is 0.142.